The van der Waals surface area contributed by atoms with Gasteiger partial charge >= 0.3 is 11.9 Å². The number of ether oxygens (including phenoxy) is 3. The lowest BCUT2D eigenvalue weighted by Crippen LogP contribution is -2.14. The fraction of sp³-hybridized carbons (Fsp3) is 0.200. The van der Waals surface area contributed by atoms with Crippen LogP contribution in [0.1, 0.15) is 10.4 Å². The summed E-state index contributed by atoms with van der Waals surface area (Å²) in [7, 11) is 2.56. The first-order valence-electron chi connectivity index (χ1n) is 5.96. The first-order valence-corrected chi connectivity index (χ1v) is 5.96. The molecule has 0 aliphatic rings. The first-order chi connectivity index (χ1) is 9.65. The lowest BCUT2D eigenvalue weighted by molar-refractivity contribution is -0.142. The molecular formula is C15H14O5. The number of esters is 2. The van der Waals surface area contributed by atoms with Crippen LogP contribution >= 0.6 is 0 Å². The normalized spacial score (nSPS) is 10.1. The number of carbonyl (C=O) groups excluding carboxylic acids is 2. The van der Waals surface area contributed by atoms with E-state index in [2.05, 4.69) is 4.74 Å². The van der Waals surface area contributed by atoms with Gasteiger partial charge < -0.3 is 14.2 Å². The van der Waals surface area contributed by atoms with Crippen molar-refractivity contribution in [2.75, 3.05) is 20.8 Å². The Morgan fingerprint density at radius 1 is 1.00 bits per heavy atom. The molecule has 0 aromatic heterocycles. The predicted octanol–water partition coefficient (Wildman–Crippen LogP) is 2.18. The SMILES string of the molecule is COC(=O)COc1cc2ccccc2cc1C(=O)OC. The second-order valence-corrected chi connectivity index (χ2v) is 4.05. The Bertz CT molecular complexity index is 648. The van der Waals surface area contributed by atoms with E-state index in [0.717, 1.165) is 10.8 Å². The maximum absolute atomic E-state index is 11.8. The summed E-state index contributed by atoms with van der Waals surface area (Å²) in [6.45, 7) is -0.265. The highest BCUT2D eigenvalue weighted by molar-refractivity contribution is 5.98. The summed E-state index contributed by atoms with van der Waals surface area (Å²) in [6, 6.07) is 10.9. The molecule has 104 valence electrons. The van der Waals surface area contributed by atoms with Crippen LogP contribution in [0.15, 0.2) is 36.4 Å². The molecule has 0 atom stereocenters. The van der Waals surface area contributed by atoms with E-state index in [4.69, 9.17) is 9.47 Å². The molecule has 0 spiro atoms. The Labute approximate surface area is 116 Å². The van der Waals surface area contributed by atoms with E-state index in [0.29, 0.717) is 5.75 Å². The summed E-state index contributed by atoms with van der Waals surface area (Å²) >= 11 is 0. The minimum absolute atomic E-state index is 0.265. The molecule has 0 aliphatic heterocycles. The van der Waals surface area contributed by atoms with Gasteiger partial charge in [0.25, 0.3) is 0 Å². The highest BCUT2D eigenvalue weighted by atomic mass is 16.6. The molecule has 0 saturated heterocycles. The van der Waals surface area contributed by atoms with Crippen molar-refractivity contribution < 1.29 is 23.8 Å². The average Bonchev–Trinajstić information content (AvgIpc) is 2.50. The highest BCUT2D eigenvalue weighted by Gasteiger charge is 2.15. The summed E-state index contributed by atoms with van der Waals surface area (Å²) in [6.07, 6.45) is 0. The predicted molar refractivity (Wildman–Crippen MR) is 72.8 cm³/mol. The number of hydrogen-bond donors (Lipinski definition) is 0. The summed E-state index contributed by atoms with van der Waals surface area (Å²) < 4.78 is 14.6. The van der Waals surface area contributed by atoms with Crippen LogP contribution in [0.5, 0.6) is 5.75 Å². The molecule has 2 aromatic carbocycles. The third-order valence-electron chi connectivity index (χ3n) is 2.83. The summed E-state index contributed by atoms with van der Waals surface area (Å²) in [5.41, 5.74) is 0.273. The Hall–Kier alpha value is -2.56. The van der Waals surface area contributed by atoms with Gasteiger partial charge in [-0.05, 0) is 22.9 Å². The number of carbonyl (C=O) groups is 2. The smallest absolute Gasteiger partial charge is 0.343 e. The van der Waals surface area contributed by atoms with E-state index < -0.39 is 11.9 Å². The van der Waals surface area contributed by atoms with Gasteiger partial charge in [0, 0.05) is 0 Å². The zero-order valence-corrected chi connectivity index (χ0v) is 11.2. The minimum Gasteiger partial charge on any atom is -0.481 e. The Kier molecular flexibility index (Phi) is 4.20. The maximum atomic E-state index is 11.8. The van der Waals surface area contributed by atoms with Crippen LogP contribution in [-0.2, 0) is 14.3 Å². The largest absolute Gasteiger partial charge is 0.481 e. The summed E-state index contributed by atoms with van der Waals surface area (Å²) in [5.74, 6) is -0.745. The fourth-order valence-electron chi connectivity index (χ4n) is 1.80. The van der Waals surface area contributed by atoms with Gasteiger partial charge in [-0.1, -0.05) is 24.3 Å². The molecular weight excluding hydrogens is 260 g/mol. The lowest BCUT2D eigenvalue weighted by atomic mass is 10.1. The van der Waals surface area contributed by atoms with Crippen molar-refractivity contribution >= 4 is 22.7 Å². The van der Waals surface area contributed by atoms with Crippen molar-refractivity contribution in [1.82, 2.24) is 0 Å². The van der Waals surface area contributed by atoms with Gasteiger partial charge in [0.1, 0.15) is 11.3 Å². The van der Waals surface area contributed by atoms with E-state index in [9.17, 15) is 9.59 Å². The molecule has 0 heterocycles. The minimum atomic E-state index is -0.519. The van der Waals surface area contributed by atoms with Gasteiger partial charge in [0.2, 0.25) is 0 Å². The van der Waals surface area contributed by atoms with Gasteiger partial charge in [0.15, 0.2) is 6.61 Å². The first kappa shape index (κ1) is 13.9. The molecule has 2 aromatic rings. The van der Waals surface area contributed by atoms with E-state index in [-0.39, 0.29) is 12.2 Å². The molecule has 5 heteroatoms. The quantitative estimate of drug-likeness (QED) is 0.800. The van der Waals surface area contributed by atoms with Crippen molar-refractivity contribution in [2.24, 2.45) is 0 Å². The third kappa shape index (κ3) is 2.88. The average molecular weight is 274 g/mol. The fourth-order valence-corrected chi connectivity index (χ4v) is 1.80. The molecule has 0 saturated carbocycles. The second-order valence-electron chi connectivity index (χ2n) is 4.05. The van der Waals surface area contributed by atoms with Crippen LogP contribution in [0, 0.1) is 0 Å². The Morgan fingerprint density at radius 3 is 2.25 bits per heavy atom. The van der Waals surface area contributed by atoms with Crippen LogP contribution in [0.2, 0.25) is 0 Å². The standard InChI is InChI=1S/C15H14O5/c1-18-14(16)9-20-13-8-11-6-4-3-5-10(11)7-12(13)15(17)19-2/h3-8H,9H2,1-2H3. The van der Waals surface area contributed by atoms with Gasteiger partial charge in [-0.15, -0.1) is 0 Å². The number of rotatable bonds is 4. The Morgan fingerprint density at radius 2 is 1.65 bits per heavy atom. The molecule has 2 rings (SSSR count). The van der Waals surface area contributed by atoms with Crippen molar-refractivity contribution in [3.8, 4) is 5.75 Å². The van der Waals surface area contributed by atoms with Crippen molar-refractivity contribution in [3.05, 3.63) is 42.0 Å². The molecule has 0 unspecified atom stereocenters. The molecule has 20 heavy (non-hydrogen) atoms. The molecule has 0 bridgehead atoms. The van der Waals surface area contributed by atoms with Crippen LogP contribution in [-0.4, -0.2) is 32.8 Å². The zero-order valence-electron chi connectivity index (χ0n) is 11.2. The van der Waals surface area contributed by atoms with Gasteiger partial charge in [0.05, 0.1) is 14.2 Å². The number of methoxy groups -OCH3 is 2. The molecule has 0 N–H and O–H groups in total. The van der Waals surface area contributed by atoms with Crippen molar-refractivity contribution in [3.63, 3.8) is 0 Å². The van der Waals surface area contributed by atoms with Gasteiger partial charge in [-0.3, -0.25) is 0 Å². The third-order valence-corrected chi connectivity index (χ3v) is 2.83. The topological polar surface area (TPSA) is 61.8 Å². The van der Waals surface area contributed by atoms with E-state index in [1.165, 1.54) is 14.2 Å². The highest BCUT2D eigenvalue weighted by Crippen LogP contribution is 2.26. The number of fused-ring (bicyclic) bond motifs is 1. The summed E-state index contributed by atoms with van der Waals surface area (Å²) in [4.78, 5) is 22.9. The summed E-state index contributed by atoms with van der Waals surface area (Å²) in [5, 5.41) is 1.79. The molecule has 0 amide bonds. The molecule has 5 nitrogen and oxygen atoms in total. The van der Waals surface area contributed by atoms with Crippen molar-refractivity contribution in [2.45, 2.75) is 0 Å². The Balaban J connectivity index is 2.43. The van der Waals surface area contributed by atoms with E-state index in [1.54, 1.807) is 12.1 Å². The molecule has 0 radical (unpaired) electrons. The van der Waals surface area contributed by atoms with Crippen molar-refractivity contribution in [1.29, 1.82) is 0 Å². The maximum Gasteiger partial charge on any atom is 0.343 e. The van der Waals surface area contributed by atoms with Gasteiger partial charge in [-0.25, -0.2) is 9.59 Å². The van der Waals surface area contributed by atoms with Crippen LogP contribution < -0.4 is 4.74 Å². The van der Waals surface area contributed by atoms with Crippen LogP contribution in [0.3, 0.4) is 0 Å². The van der Waals surface area contributed by atoms with Crippen LogP contribution in [0.25, 0.3) is 10.8 Å². The number of hydrogen-bond acceptors (Lipinski definition) is 5. The van der Waals surface area contributed by atoms with E-state index in [1.807, 2.05) is 24.3 Å². The monoisotopic (exact) mass is 274 g/mol. The zero-order chi connectivity index (χ0) is 14.5. The van der Waals surface area contributed by atoms with Gasteiger partial charge in [-0.2, -0.15) is 0 Å². The second kappa shape index (κ2) is 6.06. The van der Waals surface area contributed by atoms with E-state index >= 15 is 0 Å². The number of benzene rings is 2. The molecule has 0 fully saturated rings. The lowest BCUT2D eigenvalue weighted by Gasteiger charge is -2.11. The molecule has 0 aliphatic carbocycles. The van der Waals surface area contributed by atoms with Crippen LogP contribution in [0.4, 0.5) is 0 Å².